The number of benzene rings is 2. The van der Waals surface area contributed by atoms with Crippen LogP contribution in [0.5, 0.6) is 0 Å². The number of halogens is 2. The number of thioether (sulfide) groups is 1. The molecule has 28 heavy (non-hydrogen) atoms. The van der Waals surface area contributed by atoms with Gasteiger partial charge in [-0.1, -0.05) is 30.0 Å². The van der Waals surface area contributed by atoms with Crippen LogP contribution in [0.15, 0.2) is 64.4 Å². The first-order chi connectivity index (χ1) is 13.4. The number of rotatable bonds is 6. The maximum absolute atomic E-state index is 12.6. The quantitative estimate of drug-likeness (QED) is 0.708. The number of nitrogens with one attached hydrogen (secondary N) is 1. The highest BCUT2D eigenvalue weighted by Crippen LogP contribution is 2.27. The lowest BCUT2D eigenvalue weighted by Crippen LogP contribution is -2.41. The molecule has 0 spiro atoms. The minimum Gasteiger partial charge on any atom is -0.326 e. The average molecular weight is 427 g/mol. The molecule has 9 heteroatoms. The van der Waals surface area contributed by atoms with Crippen molar-refractivity contribution in [1.29, 1.82) is 0 Å². The van der Waals surface area contributed by atoms with Crippen LogP contribution < -0.4 is 5.32 Å². The number of hydrogen-bond donors (Lipinski definition) is 1. The molecule has 0 atom stereocenters. The van der Waals surface area contributed by atoms with Gasteiger partial charge in [-0.2, -0.15) is 13.1 Å². The number of carbonyl (C=O) groups excluding carboxylic acids is 1. The number of nitrogens with zero attached hydrogens (tertiary/aromatic N) is 1. The van der Waals surface area contributed by atoms with Crippen LogP contribution >= 0.6 is 11.8 Å². The van der Waals surface area contributed by atoms with Gasteiger partial charge in [0.05, 0.1) is 4.90 Å². The first-order valence-corrected chi connectivity index (χ1v) is 11.1. The van der Waals surface area contributed by atoms with E-state index >= 15 is 0 Å². The van der Waals surface area contributed by atoms with Crippen molar-refractivity contribution >= 4 is 33.4 Å². The summed E-state index contributed by atoms with van der Waals surface area (Å²) in [7, 11) is -3.55. The number of anilines is 1. The van der Waals surface area contributed by atoms with Gasteiger partial charge >= 0.3 is 0 Å². The Bertz CT molecular complexity index is 899. The van der Waals surface area contributed by atoms with E-state index in [1.165, 1.54) is 16.4 Å². The molecule has 1 heterocycles. The van der Waals surface area contributed by atoms with E-state index in [9.17, 15) is 22.0 Å². The van der Waals surface area contributed by atoms with Gasteiger partial charge in [0, 0.05) is 29.6 Å². The Hall–Kier alpha value is -1.97. The second kappa shape index (κ2) is 9.02. The standard InChI is InChI=1S/C19H20F2N2O3S2/c20-19(21)27-16-8-6-15(7-9-16)22-18(24)14-10-12-23(13-11-14)28(25,26)17-4-2-1-3-5-17/h1-9,14,19H,10-13H2,(H,22,24). The topological polar surface area (TPSA) is 66.5 Å². The average Bonchev–Trinajstić information content (AvgIpc) is 2.70. The maximum Gasteiger partial charge on any atom is 0.288 e. The molecule has 0 saturated carbocycles. The van der Waals surface area contributed by atoms with Gasteiger partial charge in [-0.25, -0.2) is 8.42 Å². The van der Waals surface area contributed by atoms with Crippen molar-refractivity contribution in [1.82, 2.24) is 4.31 Å². The number of carbonyl (C=O) groups is 1. The van der Waals surface area contributed by atoms with Gasteiger partial charge in [0.1, 0.15) is 0 Å². The summed E-state index contributed by atoms with van der Waals surface area (Å²) in [6.07, 6.45) is 0.856. The molecule has 1 amide bonds. The van der Waals surface area contributed by atoms with Crippen LogP contribution in [0.3, 0.4) is 0 Å². The number of amides is 1. The van der Waals surface area contributed by atoms with Gasteiger partial charge in [0.25, 0.3) is 5.76 Å². The van der Waals surface area contributed by atoms with Crippen LogP contribution in [0.4, 0.5) is 14.5 Å². The molecule has 1 aliphatic heterocycles. The lowest BCUT2D eigenvalue weighted by molar-refractivity contribution is -0.120. The fourth-order valence-corrected chi connectivity index (χ4v) is 5.05. The molecule has 1 aliphatic rings. The molecule has 3 rings (SSSR count). The van der Waals surface area contributed by atoms with E-state index in [2.05, 4.69) is 5.32 Å². The Morgan fingerprint density at radius 2 is 1.64 bits per heavy atom. The fourth-order valence-electron chi connectivity index (χ4n) is 3.06. The van der Waals surface area contributed by atoms with E-state index in [4.69, 9.17) is 0 Å². The summed E-state index contributed by atoms with van der Waals surface area (Å²) in [5, 5.41) is 2.77. The summed E-state index contributed by atoms with van der Waals surface area (Å²) in [4.78, 5) is 13.1. The van der Waals surface area contributed by atoms with Crippen molar-refractivity contribution < 1.29 is 22.0 Å². The molecule has 1 fully saturated rings. The maximum atomic E-state index is 12.6. The highest BCUT2D eigenvalue weighted by atomic mass is 32.2. The Morgan fingerprint density at radius 1 is 1.04 bits per heavy atom. The molecule has 1 N–H and O–H groups in total. The molecule has 1 saturated heterocycles. The zero-order chi connectivity index (χ0) is 20.1. The third-order valence-electron chi connectivity index (χ3n) is 4.55. The van der Waals surface area contributed by atoms with Gasteiger partial charge < -0.3 is 5.32 Å². The lowest BCUT2D eigenvalue weighted by atomic mass is 9.97. The van der Waals surface area contributed by atoms with Crippen molar-refractivity contribution in [2.75, 3.05) is 18.4 Å². The highest BCUT2D eigenvalue weighted by molar-refractivity contribution is 7.99. The zero-order valence-electron chi connectivity index (χ0n) is 14.9. The van der Waals surface area contributed by atoms with Gasteiger partial charge in [-0.05, 0) is 49.2 Å². The number of alkyl halides is 2. The normalized spacial score (nSPS) is 16.2. The predicted octanol–water partition coefficient (Wildman–Crippen LogP) is 4.04. The summed E-state index contributed by atoms with van der Waals surface area (Å²) in [5.41, 5.74) is 0.531. The van der Waals surface area contributed by atoms with E-state index in [1.54, 1.807) is 42.5 Å². The largest absolute Gasteiger partial charge is 0.326 e. The summed E-state index contributed by atoms with van der Waals surface area (Å²) >= 11 is 0.446. The third-order valence-corrected chi connectivity index (χ3v) is 7.19. The number of hydrogen-bond acceptors (Lipinski definition) is 4. The fraction of sp³-hybridized carbons (Fsp3) is 0.316. The van der Waals surface area contributed by atoms with Gasteiger partial charge in [-0.15, -0.1) is 0 Å². The molecule has 0 aromatic heterocycles. The molecule has 0 radical (unpaired) electrons. The van der Waals surface area contributed by atoms with Crippen molar-refractivity contribution in [3.63, 3.8) is 0 Å². The van der Waals surface area contributed by atoms with Crippen LogP contribution in [0.2, 0.25) is 0 Å². The van der Waals surface area contributed by atoms with Gasteiger partial charge in [0.2, 0.25) is 15.9 Å². The smallest absolute Gasteiger partial charge is 0.288 e. The van der Waals surface area contributed by atoms with E-state index in [-0.39, 0.29) is 29.8 Å². The number of sulfonamides is 1. The molecule has 2 aromatic rings. The second-order valence-corrected chi connectivity index (χ2v) is 9.38. The predicted molar refractivity (Wildman–Crippen MR) is 105 cm³/mol. The van der Waals surface area contributed by atoms with Gasteiger partial charge in [-0.3, -0.25) is 4.79 Å². The monoisotopic (exact) mass is 426 g/mol. The van der Waals surface area contributed by atoms with E-state index < -0.39 is 15.8 Å². The second-order valence-electron chi connectivity index (χ2n) is 6.38. The van der Waals surface area contributed by atoms with Crippen LogP contribution in [0.25, 0.3) is 0 Å². The Kier molecular flexibility index (Phi) is 6.69. The van der Waals surface area contributed by atoms with E-state index in [1.807, 2.05) is 0 Å². The molecule has 5 nitrogen and oxygen atoms in total. The lowest BCUT2D eigenvalue weighted by Gasteiger charge is -2.30. The first-order valence-electron chi connectivity index (χ1n) is 8.77. The van der Waals surface area contributed by atoms with Gasteiger partial charge in [0.15, 0.2) is 0 Å². The molecular weight excluding hydrogens is 406 g/mol. The van der Waals surface area contributed by atoms with Crippen molar-refractivity contribution in [2.45, 2.75) is 28.4 Å². The van der Waals surface area contributed by atoms with Crippen LogP contribution in [0, 0.1) is 5.92 Å². The molecule has 0 bridgehead atoms. The summed E-state index contributed by atoms with van der Waals surface area (Å²) in [6, 6.07) is 14.5. The Morgan fingerprint density at radius 3 is 2.21 bits per heavy atom. The first kappa shape index (κ1) is 20.8. The van der Waals surface area contributed by atoms with E-state index in [0.717, 1.165) is 0 Å². The SMILES string of the molecule is O=C(Nc1ccc(SC(F)F)cc1)C1CCN(S(=O)(=O)c2ccccc2)CC1. The van der Waals surface area contributed by atoms with Crippen molar-refractivity contribution in [2.24, 2.45) is 5.92 Å². The minimum atomic E-state index is -3.55. The third kappa shape index (κ3) is 5.09. The highest BCUT2D eigenvalue weighted by Gasteiger charge is 2.32. The molecule has 0 aliphatic carbocycles. The molecular formula is C19H20F2N2O3S2. The van der Waals surface area contributed by atoms with Crippen molar-refractivity contribution in [3.8, 4) is 0 Å². The Balaban J connectivity index is 1.55. The van der Waals surface area contributed by atoms with E-state index in [0.29, 0.717) is 35.2 Å². The van der Waals surface area contributed by atoms with Crippen LogP contribution in [-0.4, -0.2) is 37.5 Å². The molecule has 150 valence electrons. The Labute approximate surface area is 167 Å². The summed E-state index contributed by atoms with van der Waals surface area (Å²) in [5.74, 6) is -2.97. The number of piperidine rings is 1. The summed E-state index contributed by atoms with van der Waals surface area (Å²) < 4.78 is 51.4. The molecule has 2 aromatic carbocycles. The van der Waals surface area contributed by atoms with Crippen molar-refractivity contribution in [3.05, 3.63) is 54.6 Å². The minimum absolute atomic E-state index is 0.189. The summed E-state index contributed by atoms with van der Waals surface area (Å²) in [6.45, 7) is 0.554. The molecule has 0 unspecified atom stereocenters. The van der Waals surface area contributed by atoms with Crippen LogP contribution in [0.1, 0.15) is 12.8 Å². The zero-order valence-corrected chi connectivity index (χ0v) is 16.6. The van der Waals surface area contributed by atoms with Crippen LogP contribution in [-0.2, 0) is 14.8 Å².